The van der Waals surface area contributed by atoms with E-state index in [1.165, 1.54) is 24.3 Å². The highest BCUT2D eigenvalue weighted by molar-refractivity contribution is 5.97. The Labute approximate surface area is 112 Å². The van der Waals surface area contributed by atoms with Gasteiger partial charge in [-0.05, 0) is 30.8 Å². The number of benzene rings is 1. The van der Waals surface area contributed by atoms with Crippen LogP contribution >= 0.6 is 0 Å². The number of rotatable bonds is 8. The summed E-state index contributed by atoms with van der Waals surface area (Å²) < 4.78 is 12.7. The number of hydrogen-bond donors (Lipinski definition) is 2. The van der Waals surface area contributed by atoms with E-state index >= 15 is 0 Å². The third kappa shape index (κ3) is 6.10. The molecule has 0 saturated heterocycles. The van der Waals surface area contributed by atoms with Gasteiger partial charge in [0.2, 0.25) is 5.91 Å². The highest BCUT2D eigenvalue weighted by Crippen LogP contribution is 2.07. The maximum atomic E-state index is 12.7. The van der Waals surface area contributed by atoms with E-state index in [0.29, 0.717) is 18.7 Å². The van der Waals surface area contributed by atoms with Crippen LogP contribution in [-0.2, 0) is 4.79 Å². The number of hydrogen-bond acceptors (Lipinski definition) is 3. The van der Waals surface area contributed by atoms with Gasteiger partial charge in [-0.1, -0.05) is 6.92 Å². The molecule has 0 saturated carbocycles. The van der Waals surface area contributed by atoms with Gasteiger partial charge < -0.3 is 10.6 Å². The van der Waals surface area contributed by atoms with Crippen molar-refractivity contribution >= 4 is 11.7 Å². The van der Waals surface area contributed by atoms with Crippen LogP contribution in [-0.4, -0.2) is 31.3 Å². The van der Waals surface area contributed by atoms with Gasteiger partial charge in [-0.2, -0.15) is 0 Å². The second-order valence-corrected chi connectivity index (χ2v) is 4.13. The van der Waals surface area contributed by atoms with E-state index in [2.05, 4.69) is 10.6 Å². The number of likely N-dealkylation sites (N-methyl/N-ethyl adjacent to an activating group) is 1. The predicted molar refractivity (Wildman–Crippen MR) is 71.5 cm³/mol. The molecule has 1 amide bonds. The lowest BCUT2D eigenvalue weighted by Crippen LogP contribution is -2.31. The van der Waals surface area contributed by atoms with Crippen LogP contribution in [0.2, 0.25) is 0 Å². The molecule has 0 spiro atoms. The summed E-state index contributed by atoms with van der Waals surface area (Å²) in [6, 6.07) is 5.34. The minimum atomic E-state index is -0.377. The van der Waals surface area contributed by atoms with Crippen molar-refractivity contribution < 1.29 is 14.0 Å². The van der Waals surface area contributed by atoms with Gasteiger partial charge in [0.05, 0.1) is 0 Å². The lowest BCUT2D eigenvalue weighted by molar-refractivity contribution is -0.121. The van der Waals surface area contributed by atoms with E-state index in [1.54, 1.807) is 0 Å². The van der Waals surface area contributed by atoms with Crippen LogP contribution in [0.15, 0.2) is 24.3 Å². The van der Waals surface area contributed by atoms with E-state index in [9.17, 15) is 14.0 Å². The predicted octanol–water partition coefficient (Wildman–Crippen LogP) is 1.51. The second-order valence-electron chi connectivity index (χ2n) is 4.13. The first kappa shape index (κ1) is 15.3. The van der Waals surface area contributed by atoms with Gasteiger partial charge in [0, 0.05) is 31.5 Å². The van der Waals surface area contributed by atoms with Crippen LogP contribution in [0.5, 0.6) is 0 Å². The summed E-state index contributed by atoms with van der Waals surface area (Å²) in [7, 11) is 0. The lowest BCUT2D eigenvalue weighted by Gasteiger charge is -2.05. The van der Waals surface area contributed by atoms with Crippen LogP contribution in [0.4, 0.5) is 4.39 Å². The highest BCUT2D eigenvalue weighted by Gasteiger charge is 2.08. The summed E-state index contributed by atoms with van der Waals surface area (Å²) in [5.74, 6) is -0.673. The summed E-state index contributed by atoms with van der Waals surface area (Å²) in [6.07, 6.45) is 0.293. The first-order valence-corrected chi connectivity index (χ1v) is 6.39. The zero-order valence-electron chi connectivity index (χ0n) is 11.0. The third-order valence-electron chi connectivity index (χ3n) is 2.62. The van der Waals surface area contributed by atoms with Gasteiger partial charge >= 0.3 is 0 Å². The van der Waals surface area contributed by atoms with Crippen molar-refractivity contribution in [3.05, 3.63) is 35.6 Å². The van der Waals surface area contributed by atoms with E-state index in [4.69, 9.17) is 0 Å². The van der Waals surface area contributed by atoms with Crippen LogP contribution in [0.25, 0.3) is 0 Å². The molecule has 0 unspecified atom stereocenters. The molecule has 5 heteroatoms. The van der Waals surface area contributed by atoms with Crippen molar-refractivity contribution in [3.8, 4) is 0 Å². The molecule has 19 heavy (non-hydrogen) atoms. The quantitative estimate of drug-likeness (QED) is 0.554. The summed E-state index contributed by atoms with van der Waals surface area (Å²) >= 11 is 0. The smallest absolute Gasteiger partial charge is 0.220 e. The Morgan fingerprint density at radius 1 is 1.11 bits per heavy atom. The first-order valence-electron chi connectivity index (χ1n) is 6.39. The number of carbonyl (C=O) groups excluding carboxylic acids is 2. The van der Waals surface area contributed by atoms with E-state index in [1.807, 2.05) is 6.92 Å². The summed E-state index contributed by atoms with van der Waals surface area (Å²) in [4.78, 5) is 23.2. The minimum Gasteiger partial charge on any atom is -0.355 e. The number of ketones is 1. The van der Waals surface area contributed by atoms with Gasteiger partial charge in [0.25, 0.3) is 0 Å². The summed E-state index contributed by atoms with van der Waals surface area (Å²) in [6.45, 7) is 4.12. The minimum absolute atomic E-state index is 0.138. The molecule has 0 fully saturated rings. The van der Waals surface area contributed by atoms with Crippen molar-refractivity contribution in [2.75, 3.05) is 19.6 Å². The molecular weight excluding hydrogens is 247 g/mol. The Kier molecular flexibility index (Phi) is 6.74. The Morgan fingerprint density at radius 3 is 2.42 bits per heavy atom. The number of halogens is 1. The molecular formula is C14H19FN2O2. The second kappa shape index (κ2) is 8.37. The maximum Gasteiger partial charge on any atom is 0.220 e. The van der Waals surface area contributed by atoms with E-state index in [-0.39, 0.29) is 30.3 Å². The van der Waals surface area contributed by atoms with E-state index < -0.39 is 0 Å². The standard InChI is InChI=1S/C14H19FN2O2/c1-2-16-9-10-17-14(19)8-7-13(18)11-3-5-12(15)6-4-11/h3-6,16H,2,7-10H2,1H3,(H,17,19). The Hall–Kier alpha value is -1.75. The van der Waals surface area contributed by atoms with E-state index in [0.717, 1.165) is 6.54 Å². The van der Waals surface area contributed by atoms with Crippen LogP contribution in [0, 0.1) is 5.82 Å². The molecule has 0 aromatic heterocycles. The normalized spacial score (nSPS) is 10.2. The van der Waals surface area contributed by atoms with Crippen molar-refractivity contribution in [2.24, 2.45) is 0 Å². The zero-order valence-corrected chi connectivity index (χ0v) is 11.0. The fraction of sp³-hybridized carbons (Fsp3) is 0.429. The average molecular weight is 266 g/mol. The van der Waals surface area contributed by atoms with Gasteiger partial charge in [-0.3, -0.25) is 9.59 Å². The Balaban J connectivity index is 2.26. The fourth-order valence-corrected chi connectivity index (χ4v) is 1.56. The van der Waals surface area contributed by atoms with Crippen LogP contribution < -0.4 is 10.6 Å². The molecule has 0 bridgehead atoms. The molecule has 1 aromatic rings. The summed E-state index contributed by atoms with van der Waals surface area (Å²) in [5.41, 5.74) is 0.432. The Bertz CT molecular complexity index is 418. The van der Waals surface area contributed by atoms with Crippen LogP contribution in [0.3, 0.4) is 0 Å². The molecule has 0 radical (unpaired) electrons. The number of amides is 1. The molecule has 1 rings (SSSR count). The number of nitrogens with one attached hydrogen (secondary N) is 2. The molecule has 104 valence electrons. The van der Waals surface area contributed by atoms with Gasteiger partial charge in [0.15, 0.2) is 5.78 Å². The molecule has 0 atom stereocenters. The fourth-order valence-electron chi connectivity index (χ4n) is 1.56. The average Bonchev–Trinajstić information content (AvgIpc) is 2.42. The molecule has 0 heterocycles. The summed E-state index contributed by atoms with van der Waals surface area (Å²) in [5, 5.41) is 5.80. The zero-order chi connectivity index (χ0) is 14.1. The Morgan fingerprint density at radius 2 is 1.79 bits per heavy atom. The number of carbonyl (C=O) groups is 2. The van der Waals surface area contributed by atoms with Crippen molar-refractivity contribution in [3.63, 3.8) is 0 Å². The highest BCUT2D eigenvalue weighted by atomic mass is 19.1. The van der Waals surface area contributed by atoms with Gasteiger partial charge in [-0.15, -0.1) is 0 Å². The molecule has 0 aliphatic rings. The van der Waals surface area contributed by atoms with Crippen molar-refractivity contribution in [1.29, 1.82) is 0 Å². The van der Waals surface area contributed by atoms with Crippen molar-refractivity contribution in [2.45, 2.75) is 19.8 Å². The molecule has 2 N–H and O–H groups in total. The number of Topliss-reactive ketones (excluding diaryl/α,β-unsaturated/α-hetero) is 1. The molecule has 1 aromatic carbocycles. The first-order chi connectivity index (χ1) is 9.13. The molecule has 4 nitrogen and oxygen atoms in total. The third-order valence-corrected chi connectivity index (χ3v) is 2.62. The SMILES string of the molecule is CCNCCNC(=O)CCC(=O)c1ccc(F)cc1. The van der Waals surface area contributed by atoms with Crippen molar-refractivity contribution in [1.82, 2.24) is 10.6 Å². The monoisotopic (exact) mass is 266 g/mol. The largest absolute Gasteiger partial charge is 0.355 e. The molecule has 0 aliphatic heterocycles. The molecule has 0 aliphatic carbocycles. The topological polar surface area (TPSA) is 58.2 Å². The maximum absolute atomic E-state index is 12.7. The van der Waals surface area contributed by atoms with Crippen LogP contribution in [0.1, 0.15) is 30.1 Å². The lowest BCUT2D eigenvalue weighted by atomic mass is 10.1. The van der Waals surface area contributed by atoms with Gasteiger partial charge in [-0.25, -0.2) is 4.39 Å². The van der Waals surface area contributed by atoms with Gasteiger partial charge in [0.1, 0.15) is 5.82 Å².